The molecule has 17 heavy (non-hydrogen) atoms. The van der Waals surface area contributed by atoms with Gasteiger partial charge in [0.1, 0.15) is 0 Å². The summed E-state index contributed by atoms with van der Waals surface area (Å²) in [5.41, 5.74) is 0.443. The van der Waals surface area contributed by atoms with E-state index >= 15 is 0 Å². The minimum atomic E-state index is 0.443. The van der Waals surface area contributed by atoms with E-state index in [-0.39, 0.29) is 0 Å². The third kappa shape index (κ3) is 3.43. The highest BCUT2D eigenvalue weighted by Crippen LogP contribution is 2.31. The van der Waals surface area contributed by atoms with Gasteiger partial charge in [0.05, 0.1) is 6.10 Å². The van der Waals surface area contributed by atoms with E-state index in [1.165, 1.54) is 45.3 Å². The lowest BCUT2D eigenvalue weighted by atomic mass is 9.77. The maximum atomic E-state index is 5.50. The van der Waals surface area contributed by atoms with Crippen LogP contribution in [0.15, 0.2) is 0 Å². The minimum absolute atomic E-state index is 0.443. The van der Waals surface area contributed by atoms with Crippen LogP contribution in [0.4, 0.5) is 0 Å². The topological polar surface area (TPSA) is 24.5 Å². The molecule has 2 heterocycles. The molecule has 3 nitrogen and oxygen atoms in total. The second kappa shape index (κ2) is 5.68. The standard InChI is InChI=1S/C14H28N2O/c1-14(2)7-5-8-15-13(14)11-16-9-4-6-12(10-16)17-3/h12-13,15H,4-11H2,1-3H3. The summed E-state index contributed by atoms with van der Waals surface area (Å²) in [6.45, 7) is 9.55. The highest BCUT2D eigenvalue weighted by Gasteiger charge is 2.34. The second-order valence-corrected chi connectivity index (χ2v) is 6.36. The third-order valence-corrected chi connectivity index (χ3v) is 4.57. The van der Waals surface area contributed by atoms with Crippen LogP contribution in [0, 0.1) is 5.41 Å². The number of hydrogen-bond acceptors (Lipinski definition) is 3. The van der Waals surface area contributed by atoms with E-state index < -0.39 is 0 Å². The van der Waals surface area contributed by atoms with Crippen molar-refractivity contribution in [2.24, 2.45) is 5.41 Å². The van der Waals surface area contributed by atoms with Crippen LogP contribution in [0.3, 0.4) is 0 Å². The van der Waals surface area contributed by atoms with Crippen molar-refractivity contribution in [3.63, 3.8) is 0 Å². The predicted octanol–water partition coefficient (Wildman–Crippen LogP) is 1.88. The second-order valence-electron chi connectivity index (χ2n) is 6.36. The molecular weight excluding hydrogens is 212 g/mol. The van der Waals surface area contributed by atoms with E-state index in [4.69, 9.17) is 4.74 Å². The fourth-order valence-electron chi connectivity index (χ4n) is 3.21. The molecule has 0 aliphatic carbocycles. The Kier molecular flexibility index (Phi) is 4.45. The van der Waals surface area contributed by atoms with Crippen molar-refractivity contribution in [1.82, 2.24) is 10.2 Å². The van der Waals surface area contributed by atoms with E-state index in [2.05, 4.69) is 24.1 Å². The maximum absolute atomic E-state index is 5.50. The summed E-state index contributed by atoms with van der Waals surface area (Å²) in [6, 6.07) is 0.645. The zero-order chi connectivity index (χ0) is 12.3. The maximum Gasteiger partial charge on any atom is 0.0698 e. The Morgan fingerprint density at radius 1 is 1.35 bits per heavy atom. The fourth-order valence-corrected chi connectivity index (χ4v) is 3.21. The molecule has 2 unspecified atom stereocenters. The summed E-state index contributed by atoms with van der Waals surface area (Å²) >= 11 is 0. The van der Waals surface area contributed by atoms with Gasteiger partial charge in [-0.05, 0) is 44.2 Å². The Bertz CT molecular complexity index is 242. The zero-order valence-corrected chi connectivity index (χ0v) is 11.7. The van der Waals surface area contributed by atoms with E-state index in [1.807, 2.05) is 7.11 Å². The summed E-state index contributed by atoms with van der Waals surface area (Å²) in [5.74, 6) is 0. The Morgan fingerprint density at radius 3 is 2.88 bits per heavy atom. The van der Waals surface area contributed by atoms with Crippen molar-refractivity contribution in [3.8, 4) is 0 Å². The molecule has 2 atom stereocenters. The lowest BCUT2D eigenvalue weighted by molar-refractivity contribution is 0.0181. The average molecular weight is 240 g/mol. The Labute approximate surface area is 106 Å². The van der Waals surface area contributed by atoms with Gasteiger partial charge in [-0.25, -0.2) is 0 Å². The molecule has 0 aromatic carbocycles. The summed E-state index contributed by atoms with van der Waals surface area (Å²) in [6.07, 6.45) is 5.65. The van der Waals surface area contributed by atoms with E-state index in [1.54, 1.807) is 0 Å². The molecule has 100 valence electrons. The number of rotatable bonds is 3. The van der Waals surface area contributed by atoms with Crippen molar-refractivity contribution in [1.29, 1.82) is 0 Å². The van der Waals surface area contributed by atoms with Crippen molar-refractivity contribution in [2.45, 2.75) is 51.7 Å². The van der Waals surface area contributed by atoms with Gasteiger partial charge in [-0.3, -0.25) is 4.90 Å². The molecular formula is C14H28N2O. The molecule has 0 spiro atoms. The molecule has 0 radical (unpaired) electrons. The Morgan fingerprint density at radius 2 is 2.18 bits per heavy atom. The first-order chi connectivity index (χ1) is 8.12. The highest BCUT2D eigenvalue weighted by molar-refractivity contribution is 4.91. The van der Waals surface area contributed by atoms with Crippen LogP contribution < -0.4 is 5.32 Å². The van der Waals surface area contributed by atoms with Crippen LogP contribution in [0.2, 0.25) is 0 Å². The molecule has 2 saturated heterocycles. The van der Waals surface area contributed by atoms with Gasteiger partial charge < -0.3 is 10.1 Å². The van der Waals surface area contributed by atoms with E-state index in [0.717, 1.165) is 6.54 Å². The molecule has 0 amide bonds. The quantitative estimate of drug-likeness (QED) is 0.815. The zero-order valence-electron chi connectivity index (χ0n) is 11.7. The van der Waals surface area contributed by atoms with Crippen LogP contribution >= 0.6 is 0 Å². The smallest absolute Gasteiger partial charge is 0.0698 e. The van der Waals surface area contributed by atoms with Gasteiger partial charge in [-0.1, -0.05) is 13.8 Å². The van der Waals surface area contributed by atoms with Crippen LogP contribution in [-0.4, -0.2) is 50.3 Å². The van der Waals surface area contributed by atoms with E-state index in [9.17, 15) is 0 Å². The number of likely N-dealkylation sites (tertiary alicyclic amines) is 1. The first-order valence-electron chi connectivity index (χ1n) is 7.10. The van der Waals surface area contributed by atoms with Crippen LogP contribution in [-0.2, 0) is 4.74 Å². The lowest BCUT2D eigenvalue weighted by Gasteiger charge is -2.43. The SMILES string of the molecule is COC1CCCN(CC2NCCCC2(C)C)C1. The average Bonchev–Trinajstić information content (AvgIpc) is 2.32. The van der Waals surface area contributed by atoms with Gasteiger partial charge >= 0.3 is 0 Å². The normalized spacial score (nSPS) is 34.8. The summed E-state index contributed by atoms with van der Waals surface area (Å²) in [7, 11) is 1.84. The molecule has 1 N–H and O–H groups in total. The molecule has 2 fully saturated rings. The van der Waals surface area contributed by atoms with Crippen molar-refractivity contribution < 1.29 is 4.74 Å². The molecule has 0 aromatic rings. The van der Waals surface area contributed by atoms with Gasteiger partial charge in [0, 0.05) is 26.2 Å². The first-order valence-corrected chi connectivity index (χ1v) is 7.10. The minimum Gasteiger partial charge on any atom is -0.380 e. The monoisotopic (exact) mass is 240 g/mol. The molecule has 2 aliphatic rings. The summed E-state index contributed by atoms with van der Waals surface area (Å²) in [5, 5.41) is 3.71. The largest absolute Gasteiger partial charge is 0.380 e. The number of piperidine rings is 2. The first kappa shape index (κ1) is 13.3. The highest BCUT2D eigenvalue weighted by atomic mass is 16.5. The van der Waals surface area contributed by atoms with E-state index in [0.29, 0.717) is 17.6 Å². The number of hydrogen-bond donors (Lipinski definition) is 1. The Balaban J connectivity index is 1.86. The van der Waals surface area contributed by atoms with Crippen molar-refractivity contribution >= 4 is 0 Å². The van der Waals surface area contributed by atoms with Crippen molar-refractivity contribution in [3.05, 3.63) is 0 Å². The molecule has 2 rings (SSSR count). The van der Waals surface area contributed by atoms with Crippen molar-refractivity contribution in [2.75, 3.05) is 33.3 Å². The van der Waals surface area contributed by atoms with Gasteiger partial charge in [0.25, 0.3) is 0 Å². The molecule has 0 saturated carbocycles. The van der Waals surface area contributed by atoms with Gasteiger partial charge in [-0.2, -0.15) is 0 Å². The van der Waals surface area contributed by atoms with Crippen LogP contribution in [0.1, 0.15) is 39.5 Å². The Hall–Kier alpha value is -0.120. The lowest BCUT2D eigenvalue weighted by Crippen LogP contribution is -2.54. The number of ether oxygens (including phenoxy) is 1. The van der Waals surface area contributed by atoms with Crippen LogP contribution in [0.5, 0.6) is 0 Å². The van der Waals surface area contributed by atoms with Gasteiger partial charge in [-0.15, -0.1) is 0 Å². The summed E-state index contributed by atoms with van der Waals surface area (Å²) < 4.78 is 5.50. The molecule has 3 heteroatoms. The summed E-state index contributed by atoms with van der Waals surface area (Å²) in [4.78, 5) is 2.59. The fraction of sp³-hybridized carbons (Fsp3) is 1.00. The number of nitrogens with one attached hydrogen (secondary N) is 1. The van der Waals surface area contributed by atoms with Crippen LogP contribution in [0.25, 0.3) is 0 Å². The molecule has 2 aliphatic heterocycles. The molecule has 0 aromatic heterocycles. The molecule has 0 bridgehead atoms. The number of methoxy groups -OCH3 is 1. The number of nitrogens with zero attached hydrogens (tertiary/aromatic N) is 1. The van der Waals surface area contributed by atoms with Gasteiger partial charge in [0.2, 0.25) is 0 Å². The van der Waals surface area contributed by atoms with Gasteiger partial charge in [0.15, 0.2) is 0 Å². The predicted molar refractivity (Wildman–Crippen MR) is 71.3 cm³/mol. The third-order valence-electron chi connectivity index (χ3n) is 4.57.